The molecule has 270 valence electrons. The number of hydrogen-bond acceptors (Lipinski definition) is 7. The Bertz CT molecular complexity index is 1840. The van der Waals surface area contributed by atoms with E-state index in [9.17, 15) is 39.6 Å². The van der Waals surface area contributed by atoms with Gasteiger partial charge in [-0.05, 0) is 88.1 Å². The number of benzene rings is 2. The Morgan fingerprint density at radius 2 is 1.62 bits per heavy atom. The van der Waals surface area contributed by atoms with Crippen molar-refractivity contribution in [2.75, 3.05) is 17.9 Å². The maximum absolute atomic E-state index is 14.5. The van der Waals surface area contributed by atoms with Crippen molar-refractivity contribution in [3.8, 4) is 17.1 Å². The van der Waals surface area contributed by atoms with Crippen molar-refractivity contribution in [3.63, 3.8) is 0 Å². The second-order valence-corrected chi connectivity index (χ2v) is 15.2. The van der Waals surface area contributed by atoms with Crippen LogP contribution >= 0.6 is 0 Å². The summed E-state index contributed by atoms with van der Waals surface area (Å²) in [6, 6.07) is 9.89. The van der Waals surface area contributed by atoms with Gasteiger partial charge in [-0.1, -0.05) is 24.3 Å². The summed E-state index contributed by atoms with van der Waals surface area (Å²) in [4.78, 5) is 24.2. The molecule has 2 N–H and O–H groups in total. The number of ether oxygens (including phenoxy) is 1. The highest BCUT2D eigenvalue weighted by Gasteiger charge is 2.64. The van der Waals surface area contributed by atoms with Crippen LogP contribution in [-0.4, -0.2) is 72.8 Å². The van der Waals surface area contributed by atoms with Crippen molar-refractivity contribution in [2.45, 2.75) is 94.2 Å². The normalized spacial score (nSPS) is 23.5. The largest absolute Gasteiger partial charge is 0.475 e. The third-order valence-electron chi connectivity index (χ3n) is 9.87. The Labute approximate surface area is 285 Å². The lowest BCUT2D eigenvalue weighted by Gasteiger charge is -2.43. The van der Waals surface area contributed by atoms with Crippen LogP contribution in [0.1, 0.15) is 66.4 Å². The van der Waals surface area contributed by atoms with E-state index in [2.05, 4.69) is 20.0 Å². The van der Waals surface area contributed by atoms with Crippen molar-refractivity contribution in [1.29, 1.82) is 0 Å². The Hall–Kier alpha value is -3.92. The van der Waals surface area contributed by atoms with Gasteiger partial charge in [0.15, 0.2) is 0 Å². The van der Waals surface area contributed by atoms with E-state index >= 15 is 0 Å². The van der Waals surface area contributed by atoms with Crippen LogP contribution in [0.4, 0.5) is 32.3 Å². The molecular formula is C34H37F6N5O4S. The van der Waals surface area contributed by atoms with Gasteiger partial charge in [-0.2, -0.15) is 31.3 Å². The predicted molar refractivity (Wildman–Crippen MR) is 172 cm³/mol. The first kappa shape index (κ1) is 35.9. The quantitative estimate of drug-likeness (QED) is 0.264. The summed E-state index contributed by atoms with van der Waals surface area (Å²) in [6.45, 7) is 2.10. The molecule has 1 amide bonds. The van der Waals surface area contributed by atoms with Crippen molar-refractivity contribution in [1.82, 2.24) is 20.2 Å². The van der Waals surface area contributed by atoms with Crippen LogP contribution in [0.15, 0.2) is 53.4 Å². The number of sulfonamides is 1. The summed E-state index contributed by atoms with van der Waals surface area (Å²) < 4.78 is 118. The average molecular weight is 726 g/mol. The molecule has 0 unspecified atom stereocenters. The number of anilines is 1. The molecule has 2 heterocycles. The average Bonchev–Trinajstić information content (AvgIpc) is 3.83. The zero-order chi connectivity index (χ0) is 36.1. The zero-order valence-electron chi connectivity index (χ0n) is 27.4. The summed E-state index contributed by atoms with van der Waals surface area (Å²) in [6.07, 6.45) is -8.80. The first-order chi connectivity index (χ1) is 23.4. The van der Waals surface area contributed by atoms with Gasteiger partial charge in [0.2, 0.25) is 11.8 Å². The number of aromatic nitrogens is 2. The lowest BCUT2D eigenvalue weighted by atomic mass is 9.87. The zero-order valence-corrected chi connectivity index (χ0v) is 28.2. The van der Waals surface area contributed by atoms with Crippen molar-refractivity contribution >= 4 is 21.9 Å². The van der Waals surface area contributed by atoms with Crippen LogP contribution in [0.3, 0.4) is 0 Å². The second-order valence-electron chi connectivity index (χ2n) is 13.5. The van der Waals surface area contributed by atoms with E-state index in [1.165, 1.54) is 29.2 Å². The van der Waals surface area contributed by atoms with Gasteiger partial charge in [0.25, 0.3) is 15.9 Å². The van der Waals surface area contributed by atoms with Crippen LogP contribution in [-0.2, 0) is 10.0 Å². The number of aryl methyl sites for hydroxylation is 2. The minimum absolute atomic E-state index is 0.0739. The maximum Gasteiger partial charge on any atom is 0.401 e. The van der Waals surface area contributed by atoms with Crippen molar-refractivity contribution in [3.05, 3.63) is 65.2 Å². The van der Waals surface area contributed by atoms with E-state index in [0.717, 1.165) is 17.2 Å². The standard InChI is InChI=1S/C34H37F6N5O4S/c1-20-5-3-6-21(2)29(20)27-16-28-43-31(42-27)44-50(47,48)26-8-4-7-22(15-26)30(46)45(24-11-9-23(10-12-24)41-19-33(35,36)37)25(18-49-28)17-32(13-14-32)34(38,39)40/h3-8,15-16,23-25,41H,9-14,17-19H2,1-2H3,(H,42,43,44)/t23-,24+,25-/m1/s1. The third-order valence-corrected chi connectivity index (χ3v) is 11.2. The molecule has 50 heavy (non-hydrogen) atoms. The smallest absolute Gasteiger partial charge is 0.401 e. The summed E-state index contributed by atoms with van der Waals surface area (Å²) in [7, 11) is -4.37. The molecule has 1 atom stereocenters. The molecule has 9 nitrogen and oxygen atoms in total. The fraction of sp³-hybridized carbons (Fsp3) is 0.500. The topological polar surface area (TPSA) is 114 Å². The minimum Gasteiger partial charge on any atom is -0.475 e. The first-order valence-corrected chi connectivity index (χ1v) is 17.8. The van der Waals surface area contributed by atoms with Gasteiger partial charge < -0.3 is 15.0 Å². The highest BCUT2D eigenvalue weighted by atomic mass is 32.2. The molecule has 6 rings (SSSR count). The van der Waals surface area contributed by atoms with Crippen molar-refractivity contribution in [2.24, 2.45) is 5.41 Å². The molecule has 2 saturated carbocycles. The van der Waals surface area contributed by atoms with Gasteiger partial charge in [0.05, 0.1) is 28.6 Å². The van der Waals surface area contributed by atoms with E-state index in [1.54, 1.807) is 0 Å². The number of nitrogens with one attached hydrogen (secondary N) is 2. The number of hydrogen-bond donors (Lipinski definition) is 2. The first-order valence-electron chi connectivity index (χ1n) is 16.4. The Balaban J connectivity index is 1.44. The third kappa shape index (κ3) is 7.70. The Kier molecular flexibility index (Phi) is 9.56. The molecule has 16 heteroatoms. The molecule has 2 fully saturated rings. The number of rotatable bonds is 6. The van der Waals surface area contributed by atoms with Crippen LogP contribution in [0.25, 0.3) is 11.3 Å². The number of carbonyl (C=O) groups excluding carboxylic acids is 1. The van der Waals surface area contributed by atoms with Crippen LogP contribution in [0.2, 0.25) is 0 Å². The van der Waals surface area contributed by atoms with Crippen LogP contribution in [0, 0.1) is 19.3 Å². The summed E-state index contributed by atoms with van der Waals surface area (Å²) in [5, 5.41) is 2.49. The number of amides is 1. The fourth-order valence-corrected chi connectivity index (χ4v) is 8.08. The Morgan fingerprint density at radius 1 is 0.960 bits per heavy atom. The van der Waals surface area contributed by atoms with Gasteiger partial charge in [-0.3, -0.25) is 4.79 Å². The van der Waals surface area contributed by atoms with E-state index < -0.39 is 71.4 Å². The lowest BCUT2D eigenvalue weighted by molar-refractivity contribution is -0.193. The molecule has 2 aromatic carbocycles. The number of halogens is 6. The number of fused-ring (bicyclic) bond motifs is 4. The minimum atomic E-state index is -4.56. The van der Waals surface area contributed by atoms with Crippen LogP contribution in [0.5, 0.6) is 5.88 Å². The molecule has 0 saturated heterocycles. The fourth-order valence-electron chi connectivity index (χ4n) is 7.09. The molecule has 2 aliphatic carbocycles. The van der Waals surface area contributed by atoms with E-state index in [4.69, 9.17) is 4.74 Å². The molecule has 0 radical (unpaired) electrons. The second kappa shape index (κ2) is 13.3. The van der Waals surface area contributed by atoms with Gasteiger partial charge >= 0.3 is 12.4 Å². The van der Waals surface area contributed by atoms with E-state index in [-0.39, 0.29) is 60.8 Å². The Morgan fingerprint density at radius 3 is 2.24 bits per heavy atom. The molecule has 3 aliphatic rings. The molecule has 0 spiro atoms. The molecular weight excluding hydrogens is 688 g/mol. The molecule has 1 aromatic heterocycles. The predicted octanol–water partition coefficient (Wildman–Crippen LogP) is 6.96. The molecule has 1 aliphatic heterocycles. The number of nitrogens with zero attached hydrogens (tertiary/aromatic N) is 3. The van der Waals surface area contributed by atoms with Crippen molar-refractivity contribution < 1.29 is 44.3 Å². The summed E-state index contributed by atoms with van der Waals surface area (Å²) >= 11 is 0. The highest BCUT2D eigenvalue weighted by molar-refractivity contribution is 7.92. The monoisotopic (exact) mass is 725 g/mol. The molecule has 4 bridgehead atoms. The highest BCUT2D eigenvalue weighted by Crippen LogP contribution is 2.61. The van der Waals surface area contributed by atoms with Crippen LogP contribution < -0.4 is 14.8 Å². The number of alkyl halides is 6. The van der Waals surface area contributed by atoms with E-state index in [1.807, 2.05) is 32.0 Å². The van der Waals surface area contributed by atoms with Gasteiger partial charge in [0, 0.05) is 29.3 Å². The summed E-state index contributed by atoms with van der Waals surface area (Å²) in [5.41, 5.74) is 0.524. The number of carbonyl (C=O) groups is 1. The summed E-state index contributed by atoms with van der Waals surface area (Å²) in [5.74, 6) is -1.15. The maximum atomic E-state index is 14.5. The van der Waals surface area contributed by atoms with E-state index in [0.29, 0.717) is 11.3 Å². The van der Waals surface area contributed by atoms with Gasteiger partial charge in [0.1, 0.15) is 6.61 Å². The molecule has 3 aromatic rings. The van der Waals surface area contributed by atoms with Gasteiger partial charge in [-0.15, -0.1) is 0 Å². The SMILES string of the molecule is Cc1cccc(C)c1-c1cc2nc(n1)NS(=O)(=O)c1cccc(c1)C(=O)N([C@H]1CC[C@@H](NCC(F)(F)F)CC1)[C@H](CC1(C(F)(F)F)CC1)CO2. The lowest BCUT2D eigenvalue weighted by Crippen LogP contribution is -2.53. The van der Waals surface area contributed by atoms with Gasteiger partial charge in [-0.25, -0.2) is 18.1 Å².